The SMILES string of the molecule is COCCC(=O)Nc1ccc(OCC#N)cc1. The van der Waals surface area contributed by atoms with Crippen molar-refractivity contribution in [1.82, 2.24) is 0 Å². The van der Waals surface area contributed by atoms with E-state index >= 15 is 0 Å². The summed E-state index contributed by atoms with van der Waals surface area (Å²) in [4.78, 5) is 11.4. The van der Waals surface area contributed by atoms with Crippen LogP contribution in [0.15, 0.2) is 24.3 Å². The number of nitrogens with zero attached hydrogens (tertiary/aromatic N) is 1. The Kier molecular flexibility index (Phi) is 5.55. The molecule has 0 spiro atoms. The fourth-order valence-corrected chi connectivity index (χ4v) is 1.17. The van der Waals surface area contributed by atoms with Crippen LogP contribution >= 0.6 is 0 Å². The monoisotopic (exact) mass is 234 g/mol. The van der Waals surface area contributed by atoms with E-state index < -0.39 is 0 Å². The Morgan fingerprint density at radius 2 is 2.12 bits per heavy atom. The molecule has 0 saturated heterocycles. The van der Waals surface area contributed by atoms with E-state index in [0.29, 0.717) is 24.5 Å². The maximum atomic E-state index is 11.4. The van der Waals surface area contributed by atoms with Gasteiger partial charge in [0.2, 0.25) is 5.91 Å². The highest BCUT2D eigenvalue weighted by Gasteiger charge is 2.01. The highest BCUT2D eigenvalue weighted by Crippen LogP contribution is 2.15. The molecule has 0 unspecified atom stereocenters. The zero-order valence-electron chi connectivity index (χ0n) is 9.60. The molecule has 0 fully saturated rings. The molecule has 1 amide bonds. The van der Waals surface area contributed by atoms with Gasteiger partial charge in [-0.25, -0.2) is 0 Å². The molecule has 1 N–H and O–H groups in total. The van der Waals surface area contributed by atoms with Gasteiger partial charge in [0, 0.05) is 12.8 Å². The summed E-state index contributed by atoms with van der Waals surface area (Å²) in [5.74, 6) is 0.499. The molecule has 1 aromatic rings. The topological polar surface area (TPSA) is 71.3 Å². The average molecular weight is 234 g/mol. The van der Waals surface area contributed by atoms with Crippen molar-refractivity contribution in [3.05, 3.63) is 24.3 Å². The average Bonchev–Trinajstić information content (AvgIpc) is 2.35. The van der Waals surface area contributed by atoms with Gasteiger partial charge in [-0.15, -0.1) is 0 Å². The van der Waals surface area contributed by atoms with Crippen molar-refractivity contribution in [2.45, 2.75) is 6.42 Å². The molecule has 0 atom stereocenters. The highest BCUT2D eigenvalue weighted by molar-refractivity contribution is 5.90. The van der Waals surface area contributed by atoms with Crippen molar-refractivity contribution in [2.75, 3.05) is 25.6 Å². The summed E-state index contributed by atoms with van der Waals surface area (Å²) in [5.41, 5.74) is 0.690. The quantitative estimate of drug-likeness (QED) is 0.810. The third-order valence-corrected chi connectivity index (χ3v) is 1.97. The summed E-state index contributed by atoms with van der Waals surface area (Å²) >= 11 is 0. The Labute approximate surface area is 100.0 Å². The predicted molar refractivity (Wildman–Crippen MR) is 62.7 cm³/mol. The van der Waals surface area contributed by atoms with E-state index in [0.717, 1.165) is 0 Å². The summed E-state index contributed by atoms with van der Waals surface area (Å²) in [6.45, 7) is 0.411. The van der Waals surface area contributed by atoms with Gasteiger partial charge in [-0.2, -0.15) is 5.26 Å². The molecule has 1 rings (SSSR count). The number of carbonyl (C=O) groups excluding carboxylic acids is 1. The van der Waals surface area contributed by atoms with E-state index in [1.165, 1.54) is 0 Å². The zero-order valence-corrected chi connectivity index (χ0v) is 9.60. The molecule has 1 aromatic carbocycles. The van der Waals surface area contributed by atoms with Gasteiger partial charge in [0.15, 0.2) is 6.61 Å². The van der Waals surface area contributed by atoms with E-state index in [1.807, 2.05) is 6.07 Å². The van der Waals surface area contributed by atoms with Crippen molar-refractivity contribution in [3.8, 4) is 11.8 Å². The van der Waals surface area contributed by atoms with Gasteiger partial charge in [0.1, 0.15) is 11.8 Å². The van der Waals surface area contributed by atoms with Crippen LogP contribution < -0.4 is 10.1 Å². The van der Waals surface area contributed by atoms with Gasteiger partial charge in [-0.05, 0) is 24.3 Å². The second-order valence-corrected chi connectivity index (χ2v) is 3.26. The lowest BCUT2D eigenvalue weighted by Crippen LogP contribution is -2.13. The van der Waals surface area contributed by atoms with Crippen LogP contribution in [-0.4, -0.2) is 26.2 Å². The molecular formula is C12H14N2O3. The number of nitriles is 1. The van der Waals surface area contributed by atoms with Gasteiger partial charge >= 0.3 is 0 Å². The van der Waals surface area contributed by atoms with Crippen molar-refractivity contribution < 1.29 is 14.3 Å². The largest absolute Gasteiger partial charge is 0.479 e. The smallest absolute Gasteiger partial charge is 0.226 e. The van der Waals surface area contributed by atoms with Crippen LogP contribution in [0.25, 0.3) is 0 Å². The maximum Gasteiger partial charge on any atom is 0.226 e. The van der Waals surface area contributed by atoms with E-state index in [-0.39, 0.29) is 12.5 Å². The summed E-state index contributed by atoms with van der Waals surface area (Å²) in [6.07, 6.45) is 0.323. The lowest BCUT2D eigenvalue weighted by molar-refractivity contribution is -0.117. The fourth-order valence-electron chi connectivity index (χ4n) is 1.17. The number of rotatable bonds is 6. The van der Waals surface area contributed by atoms with E-state index in [9.17, 15) is 4.79 Å². The first-order valence-corrected chi connectivity index (χ1v) is 5.15. The van der Waals surface area contributed by atoms with Crippen LogP contribution in [0.5, 0.6) is 5.75 Å². The first kappa shape index (κ1) is 13.0. The Bertz CT molecular complexity index is 395. The number of benzene rings is 1. The van der Waals surface area contributed by atoms with Gasteiger partial charge in [0.25, 0.3) is 0 Å². The van der Waals surface area contributed by atoms with Gasteiger partial charge < -0.3 is 14.8 Å². The van der Waals surface area contributed by atoms with Crippen LogP contribution in [-0.2, 0) is 9.53 Å². The molecule has 0 saturated carbocycles. The molecule has 0 aliphatic rings. The van der Waals surface area contributed by atoms with Crippen LogP contribution in [0.1, 0.15) is 6.42 Å². The summed E-state index contributed by atoms with van der Waals surface area (Å²) in [6, 6.07) is 8.72. The lowest BCUT2D eigenvalue weighted by Gasteiger charge is -2.06. The minimum absolute atomic E-state index is 0.0134. The predicted octanol–water partition coefficient (Wildman–Crippen LogP) is 1.56. The number of methoxy groups -OCH3 is 1. The third kappa shape index (κ3) is 5.00. The van der Waals surface area contributed by atoms with E-state index in [1.54, 1.807) is 31.4 Å². The van der Waals surface area contributed by atoms with Crippen LogP contribution in [0.3, 0.4) is 0 Å². The number of hydrogen-bond acceptors (Lipinski definition) is 4. The molecule has 0 radical (unpaired) electrons. The number of anilines is 1. The van der Waals surface area contributed by atoms with Gasteiger partial charge in [0.05, 0.1) is 13.0 Å². The second kappa shape index (κ2) is 7.25. The fraction of sp³-hybridized carbons (Fsp3) is 0.333. The Hall–Kier alpha value is -2.06. The normalized spacial score (nSPS) is 9.41. The first-order chi connectivity index (χ1) is 8.26. The van der Waals surface area contributed by atoms with Crippen molar-refractivity contribution in [2.24, 2.45) is 0 Å². The molecule has 0 bridgehead atoms. The summed E-state index contributed by atoms with van der Waals surface area (Å²) in [7, 11) is 1.55. The molecule has 17 heavy (non-hydrogen) atoms. The molecule has 90 valence electrons. The maximum absolute atomic E-state index is 11.4. The van der Waals surface area contributed by atoms with Gasteiger partial charge in [-0.1, -0.05) is 0 Å². The number of carbonyl (C=O) groups is 1. The molecule has 0 aliphatic heterocycles. The van der Waals surface area contributed by atoms with Crippen molar-refractivity contribution >= 4 is 11.6 Å². The molecule has 0 aliphatic carbocycles. The van der Waals surface area contributed by atoms with Crippen molar-refractivity contribution in [1.29, 1.82) is 5.26 Å². The summed E-state index contributed by atoms with van der Waals surface area (Å²) < 4.78 is 9.89. The van der Waals surface area contributed by atoms with Gasteiger partial charge in [-0.3, -0.25) is 4.79 Å². The van der Waals surface area contributed by atoms with E-state index in [2.05, 4.69) is 5.32 Å². The minimum atomic E-state index is -0.0995. The molecule has 5 nitrogen and oxygen atoms in total. The Morgan fingerprint density at radius 3 is 2.71 bits per heavy atom. The number of amides is 1. The molecule has 0 heterocycles. The number of nitrogens with one attached hydrogen (secondary N) is 1. The van der Waals surface area contributed by atoms with Crippen LogP contribution in [0, 0.1) is 11.3 Å². The number of ether oxygens (including phenoxy) is 2. The third-order valence-electron chi connectivity index (χ3n) is 1.97. The standard InChI is InChI=1S/C12H14N2O3/c1-16-8-6-12(15)14-10-2-4-11(5-3-10)17-9-7-13/h2-5H,6,8-9H2,1H3,(H,14,15). The second-order valence-electron chi connectivity index (χ2n) is 3.26. The van der Waals surface area contributed by atoms with Crippen LogP contribution in [0.4, 0.5) is 5.69 Å². The van der Waals surface area contributed by atoms with E-state index in [4.69, 9.17) is 14.7 Å². The highest BCUT2D eigenvalue weighted by atomic mass is 16.5. The minimum Gasteiger partial charge on any atom is -0.479 e. The molecule has 5 heteroatoms. The molecular weight excluding hydrogens is 220 g/mol. The first-order valence-electron chi connectivity index (χ1n) is 5.15. The van der Waals surface area contributed by atoms with Crippen molar-refractivity contribution in [3.63, 3.8) is 0 Å². The zero-order chi connectivity index (χ0) is 12.5. The number of hydrogen-bond donors (Lipinski definition) is 1. The lowest BCUT2D eigenvalue weighted by atomic mass is 10.3. The Morgan fingerprint density at radius 1 is 1.41 bits per heavy atom. The summed E-state index contributed by atoms with van der Waals surface area (Å²) in [5, 5.41) is 11.1. The van der Waals surface area contributed by atoms with Crippen LogP contribution in [0.2, 0.25) is 0 Å². The Balaban J connectivity index is 2.45. The molecule has 0 aromatic heterocycles.